The lowest BCUT2D eigenvalue weighted by Crippen LogP contribution is -2.32. The number of hydrogen-bond donors (Lipinski definition) is 1. The minimum absolute atomic E-state index is 0.194. The second kappa shape index (κ2) is 11.0. The van der Waals surface area contributed by atoms with Crippen molar-refractivity contribution in [1.29, 1.82) is 0 Å². The van der Waals surface area contributed by atoms with Crippen LogP contribution in [0, 0.1) is 0 Å². The molecule has 0 amide bonds. The van der Waals surface area contributed by atoms with Crippen LogP contribution in [0.5, 0.6) is 11.5 Å². The molecular weight excluding hydrogens is 440 g/mol. The molecule has 5 rings (SSSR count). The van der Waals surface area contributed by atoms with Crippen LogP contribution < -0.4 is 14.8 Å². The van der Waals surface area contributed by atoms with E-state index in [0.717, 1.165) is 49.7 Å². The van der Waals surface area contributed by atoms with E-state index in [0.29, 0.717) is 13.2 Å². The van der Waals surface area contributed by atoms with Crippen molar-refractivity contribution in [2.45, 2.75) is 26.0 Å². The first-order valence-electron chi connectivity index (χ1n) is 12.2. The van der Waals surface area contributed by atoms with Crippen molar-refractivity contribution in [2.24, 2.45) is 0 Å². The molecule has 1 atom stereocenters. The summed E-state index contributed by atoms with van der Waals surface area (Å²) in [5, 5.41) is 4.86. The molecular formula is C29H32N2O2S. The first-order chi connectivity index (χ1) is 16.8. The van der Waals surface area contributed by atoms with E-state index in [1.807, 2.05) is 36.5 Å². The van der Waals surface area contributed by atoms with Gasteiger partial charge in [-0.3, -0.25) is 4.90 Å². The summed E-state index contributed by atoms with van der Waals surface area (Å²) >= 11 is 1.90. The fraction of sp³-hybridized carbons (Fsp3) is 0.310. The Bertz CT molecular complexity index is 1170. The number of rotatable bonds is 8. The maximum absolute atomic E-state index is 6.18. The SMILES string of the molecule is CCOc1cc(C(c2cc3ccccc3s2)N2CCCNCC2)ccc1OCc1ccccc1. The first kappa shape index (κ1) is 22.9. The molecule has 4 aromatic rings. The first-order valence-corrected chi connectivity index (χ1v) is 13.0. The number of hydrogen-bond acceptors (Lipinski definition) is 5. The smallest absolute Gasteiger partial charge is 0.161 e. The van der Waals surface area contributed by atoms with Crippen molar-refractivity contribution >= 4 is 21.4 Å². The van der Waals surface area contributed by atoms with Crippen molar-refractivity contribution < 1.29 is 9.47 Å². The zero-order chi connectivity index (χ0) is 23.2. The van der Waals surface area contributed by atoms with Crippen LogP contribution in [0.3, 0.4) is 0 Å². The molecule has 0 radical (unpaired) electrons. The predicted octanol–water partition coefficient (Wildman–Crippen LogP) is 6.26. The summed E-state index contributed by atoms with van der Waals surface area (Å²) in [6.07, 6.45) is 1.15. The van der Waals surface area contributed by atoms with Crippen LogP contribution in [0.15, 0.2) is 78.9 Å². The van der Waals surface area contributed by atoms with E-state index < -0.39 is 0 Å². The van der Waals surface area contributed by atoms with Crippen LogP contribution in [0.2, 0.25) is 0 Å². The van der Waals surface area contributed by atoms with E-state index in [-0.39, 0.29) is 6.04 Å². The van der Waals surface area contributed by atoms with Crippen LogP contribution in [0.25, 0.3) is 10.1 Å². The number of ether oxygens (including phenoxy) is 2. The van der Waals surface area contributed by atoms with Crippen molar-refractivity contribution in [3.8, 4) is 11.5 Å². The normalized spacial score (nSPS) is 15.7. The minimum Gasteiger partial charge on any atom is -0.490 e. The van der Waals surface area contributed by atoms with Crippen LogP contribution in [-0.2, 0) is 6.61 Å². The molecule has 1 unspecified atom stereocenters. The maximum atomic E-state index is 6.18. The van der Waals surface area contributed by atoms with Gasteiger partial charge in [-0.1, -0.05) is 54.6 Å². The molecule has 176 valence electrons. The van der Waals surface area contributed by atoms with E-state index in [9.17, 15) is 0 Å². The van der Waals surface area contributed by atoms with Gasteiger partial charge < -0.3 is 14.8 Å². The Labute approximate surface area is 206 Å². The summed E-state index contributed by atoms with van der Waals surface area (Å²) in [7, 11) is 0. The summed E-state index contributed by atoms with van der Waals surface area (Å²) in [6, 6.07) is 28.0. The zero-order valence-corrected chi connectivity index (χ0v) is 20.5. The van der Waals surface area contributed by atoms with Gasteiger partial charge in [0.05, 0.1) is 12.6 Å². The van der Waals surface area contributed by atoms with Gasteiger partial charge in [-0.25, -0.2) is 0 Å². The van der Waals surface area contributed by atoms with Crippen molar-refractivity contribution in [2.75, 3.05) is 32.8 Å². The molecule has 0 saturated carbocycles. The van der Waals surface area contributed by atoms with Crippen molar-refractivity contribution in [3.63, 3.8) is 0 Å². The van der Waals surface area contributed by atoms with Crippen LogP contribution in [0.4, 0.5) is 0 Å². The average Bonchev–Trinajstić information content (AvgIpc) is 3.11. The number of nitrogens with zero attached hydrogens (tertiary/aromatic N) is 1. The molecule has 0 spiro atoms. The Morgan fingerprint density at radius 1 is 0.882 bits per heavy atom. The molecule has 5 heteroatoms. The molecule has 34 heavy (non-hydrogen) atoms. The van der Waals surface area contributed by atoms with Gasteiger partial charge in [0, 0.05) is 29.2 Å². The molecule has 1 aliphatic heterocycles. The third kappa shape index (κ3) is 5.27. The van der Waals surface area contributed by atoms with Gasteiger partial charge in [-0.05, 0) is 60.7 Å². The Kier molecular flexibility index (Phi) is 7.44. The lowest BCUT2D eigenvalue weighted by Gasteiger charge is -2.30. The van der Waals surface area contributed by atoms with E-state index in [1.54, 1.807) is 0 Å². The summed E-state index contributed by atoms with van der Waals surface area (Å²) in [6.45, 7) is 7.34. The van der Waals surface area contributed by atoms with Gasteiger partial charge in [0.2, 0.25) is 0 Å². The van der Waals surface area contributed by atoms with E-state index >= 15 is 0 Å². The molecule has 1 aromatic heterocycles. The summed E-state index contributed by atoms with van der Waals surface area (Å²) in [5.41, 5.74) is 2.40. The molecule has 0 aliphatic carbocycles. The third-order valence-corrected chi connectivity index (χ3v) is 7.44. The summed E-state index contributed by atoms with van der Waals surface area (Å²) in [5.74, 6) is 1.61. The largest absolute Gasteiger partial charge is 0.490 e. The lowest BCUT2D eigenvalue weighted by atomic mass is 10.0. The number of thiophene rings is 1. The van der Waals surface area contributed by atoms with E-state index in [2.05, 4.69) is 70.9 Å². The van der Waals surface area contributed by atoms with Gasteiger partial charge in [-0.15, -0.1) is 11.3 Å². The molecule has 0 bridgehead atoms. The standard InChI is InChI=1S/C29H32N2O2S/c1-2-32-26-19-24(13-14-25(26)33-21-22-9-4-3-5-10-22)29(31-17-8-15-30-16-18-31)28-20-23-11-6-7-12-27(23)34-28/h3-7,9-14,19-20,29-30H,2,8,15-18,21H2,1H3. The summed E-state index contributed by atoms with van der Waals surface area (Å²) < 4.78 is 13.6. The Morgan fingerprint density at radius 2 is 1.74 bits per heavy atom. The fourth-order valence-corrected chi connectivity index (χ4v) is 5.86. The monoisotopic (exact) mass is 472 g/mol. The molecule has 1 aliphatic rings. The average molecular weight is 473 g/mol. The van der Waals surface area contributed by atoms with E-state index in [4.69, 9.17) is 9.47 Å². The third-order valence-electron chi connectivity index (χ3n) is 6.27. The lowest BCUT2D eigenvalue weighted by molar-refractivity contribution is 0.241. The van der Waals surface area contributed by atoms with Crippen LogP contribution in [-0.4, -0.2) is 37.7 Å². The Morgan fingerprint density at radius 3 is 2.59 bits per heavy atom. The van der Waals surface area contributed by atoms with E-state index in [1.165, 1.54) is 20.5 Å². The Balaban J connectivity index is 1.49. The highest BCUT2D eigenvalue weighted by Gasteiger charge is 2.26. The highest BCUT2D eigenvalue weighted by atomic mass is 32.1. The van der Waals surface area contributed by atoms with Crippen molar-refractivity contribution in [3.05, 3.63) is 94.9 Å². The molecule has 1 fully saturated rings. The Hall–Kier alpha value is -2.86. The molecule has 4 nitrogen and oxygen atoms in total. The molecule has 1 saturated heterocycles. The fourth-order valence-electron chi connectivity index (χ4n) is 4.63. The highest BCUT2D eigenvalue weighted by molar-refractivity contribution is 7.19. The highest BCUT2D eigenvalue weighted by Crippen LogP contribution is 2.40. The predicted molar refractivity (Wildman–Crippen MR) is 141 cm³/mol. The number of benzene rings is 3. The van der Waals surface area contributed by atoms with Gasteiger partial charge in [0.25, 0.3) is 0 Å². The number of nitrogens with one attached hydrogen (secondary N) is 1. The van der Waals surface area contributed by atoms with Gasteiger partial charge in [0.15, 0.2) is 11.5 Å². The van der Waals surface area contributed by atoms with Crippen LogP contribution in [0.1, 0.15) is 35.4 Å². The topological polar surface area (TPSA) is 33.7 Å². The zero-order valence-electron chi connectivity index (χ0n) is 19.7. The second-order valence-corrected chi connectivity index (χ2v) is 9.76. The maximum Gasteiger partial charge on any atom is 0.161 e. The molecule has 1 N–H and O–H groups in total. The minimum atomic E-state index is 0.194. The second-order valence-electron chi connectivity index (χ2n) is 8.64. The summed E-state index contributed by atoms with van der Waals surface area (Å²) in [4.78, 5) is 3.99. The van der Waals surface area contributed by atoms with Crippen LogP contribution >= 0.6 is 11.3 Å². The van der Waals surface area contributed by atoms with Gasteiger partial charge >= 0.3 is 0 Å². The molecule has 3 aromatic carbocycles. The molecule has 2 heterocycles. The van der Waals surface area contributed by atoms with Crippen molar-refractivity contribution in [1.82, 2.24) is 10.2 Å². The van der Waals surface area contributed by atoms with Gasteiger partial charge in [0.1, 0.15) is 6.61 Å². The quantitative estimate of drug-likeness (QED) is 0.328. The van der Waals surface area contributed by atoms with Gasteiger partial charge in [-0.2, -0.15) is 0 Å². The number of fused-ring (bicyclic) bond motifs is 1.